The normalized spacial score (nSPS) is 27.5. The molecule has 26 heavy (non-hydrogen) atoms. The molecule has 2 saturated heterocycles. The lowest BCUT2D eigenvalue weighted by Gasteiger charge is -2.45. The van der Waals surface area contributed by atoms with Crippen LogP contribution in [0.5, 0.6) is 0 Å². The molecule has 0 aromatic heterocycles. The zero-order valence-corrected chi connectivity index (χ0v) is 14.5. The fraction of sp³-hybridized carbons (Fsp3) is 0.632. The van der Waals surface area contributed by atoms with Gasteiger partial charge < -0.3 is 4.90 Å². The lowest BCUT2D eigenvalue weighted by atomic mass is 9.85. The summed E-state index contributed by atoms with van der Waals surface area (Å²) in [5.74, 6) is -0.557. The Morgan fingerprint density at radius 1 is 1.12 bits per heavy atom. The maximum atomic E-state index is 14.2. The fourth-order valence-corrected chi connectivity index (χ4v) is 4.52. The third kappa shape index (κ3) is 3.00. The second kappa shape index (κ2) is 6.22. The molecule has 7 heteroatoms. The van der Waals surface area contributed by atoms with Crippen LogP contribution in [0, 0.1) is 5.82 Å². The molecule has 1 unspecified atom stereocenters. The Balaban J connectivity index is 1.60. The highest BCUT2D eigenvalue weighted by Gasteiger charge is 2.53. The summed E-state index contributed by atoms with van der Waals surface area (Å²) in [6, 6.07) is 2.85. The molecular formula is C19H22F4N2O. The fourth-order valence-electron chi connectivity index (χ4n) is 4.52. The van der Waals surface area contributed by atoms with Gasteiger partial charge in [-0.05, 0) is 63.3 Å². The number of nitrogens with zero attached hydrogens (tertiary/aromatic N) is 2. The van der Waals surface area contributed by atoms with E-state index in [0.29, 0.717) is 25.4 Å². The van der Waals surface area contributed by atoms with Gasteiger partial charge in [-0.1, -0.05) is 0 Å². The molecular weight excluding hydrogens is 348 g/mol. The number of amides is 1. The smallest absolute Gasteiger partial charge is 0.338 e. The summed E-state index contributed by atoms with van der Waals surface area (Å²) >= 11 is 0. The molecule has 1 saturated carbocycles. The number of hydrogen-bond donors (Lipinski definition) is 0. The van der Waals surface area contributed by atoms with Crippen LogP contribution in [0.15, 0.2) is 18.2 Å². The van der Waals surface area contributed by atoms with Gasteiger partial charge >= 0.3 is 6.18 Å². The number of alkyl halides is 3. The zero-order valence-electron chi connectivity index (χ0n) is 14.5. The van der Waals surface area contributed by atoms with Crippen molar-refractivity contribution in [2.75, 3.05) is 13.1 Å². The van der Waals surface area contributed by atoms with Gasteiger partial charge in [0, 0.05) is 24.7 Å². The van der Waals surface area contributed by atoms with Crippen molar-refractivity contribution in [1.82, 2.24) is 9.80 Å². The minimum absolute atomic E-state index is 0.0115. The number of hydrogen-bond acceptors (Lipinski definition) is 2. The summed E-state index contributed by atoms with van der Waals surface area (Å²) in [5, 5.41) is 0. The molecule has 142 valence electrons. The highest BCUT2D eigenvalue weighted by molar-refractivity contribution is 5.88. The molecule has 1 aromatic carbocycles. The third-order valence-electron chi connectivity index (χ3n) is 5.99. The van der Waals surface area contributed by atoms with Crippen molar-refractivity contribution in [3.05, 3.63) is 35.1 Å². The molecule has 3 nitrogen and oxygen atoms in total. The first-order chi connectivity index (χ1) is 12.3. The standard InChI is InChI=1S/C19H22F4N2O/c20-16-6-3-14(19(21,22)23)11-13(16)12-24-9-1-7-18(24)8-2-10-25(17(18)26)15-4-5-15/h3,6,11,15H,1-2,4-5,7-10,12H2. The molecule has 3 aliphatic rings. The van der Waals surface area contributed by atoms with Crippen molar-refractivity contribution in [2.24, 2.45) is 0 Å². The Hall–Kier alpha value is -1.63. The van der Waals surface area contributed by atoms with Crippen LogP contribution in [-0.2, 0) is 17.5 Å². The van der Waals surface area contributed by atoms with Crippen LogP contribution in [0.25, 0.3) is 0 Å². The van der Waals surface area contributed by atoms with E-state index in [0.717, 1.165) is 50.4 Å². The second-order valence-corrected chi connectivity index (χ2v) is 7.69. The summed E-state index contributed by atoms with van der Waals surface area (Å²) in [4.78, 5) is 17.0. The van der Waals surface area contributed by atoms with Gasteiger partial charge in [0.25, 0.3) is 0 Å². The predicted octanol–water partition coefficient (Wildman–Crippen LogP) is 3.96. The number of likely N-dealkylation sites (tertiary alicyclic amines) is 2. The quantitative estimate of drug-likeness (QED) is 0.752. The Morgan fingerprint density at radius 2 is 1.81 bits per heavy atom. The van der Waals surface area contributed by atoms with Crippen LogP contribution in [0.4, 0.5) is 17.6 Å². The minimum Gasteiger partial charge on any atom is -0.338 e. The third-order valence-corrected chi connectivity index (χ3v) is 5.99. The van der Waals surface area contributed by atoms with E-state index in [1.807, 2.05) is 9.80 Å². The predicted molar refractivity (Wildman–Crippen MR) is 87.7 cm³/mol. The van der Waals surface area contributed by atoms with E-state index < -0.39 is 23.1 Å². The molecule has 4 rings (SSSR count). The van der Waals surface area contributed by atoms with E-state index >= 15 is 0 Å². The molecule has 1 aliphatic carbocycles. The molecule has 0 N–H and O–H groups in total. The average molecular weight is 370 g/mol. The van der Waals surface area contributed by atoms with Crippen molar-refractivity contribution in [2.45, 2.75) is 62.8 Å². The first-order valence-electron chi connectivity index (χ1n) is 9.23. The molecule has 1 atom stereocenters. The van der Waals surface area contributed by atoms with E-state index in [2.05, 4.69) is 0 Å². The van der Waals surface area contributed by atoms with Gasteiger partial charge in [-0.25, -0.2) is 4.39 Å². The van der Waals surface area contributed by atoms with Gasteiger partial charge in [0.05, 0.1) is 5.56 Å². The number of piperidine rings is 1. The molecule has 2 aliphatic heterocycles. The largest absolute Gasteiger partial charge is 0.416 e. The van der Waals surface area contributed by atoms with Crippen LogP contribution in [0.2, 0.25) is 0 Å². The van der Waals surface area contributed by atoms with Crippen molar-refractivity contribution >= 4 is 5.91 Å². The second-order valence-electron chi connectivity index (χ2n) is 7.69. The van der Waals surface area contributed by atoms with Crippen molar-refractivity contribution in [1.29, 1.82) is 0 Å². The summed E-state index contributed by atoms with van der Waals surface area (Å²) in [6.07, 6.45) is 0.669. The van der Waals surface area contributed by atoms with Gasteiger partial charge in [-0.3, -0.25) is 9.69 Å². The maximum absolute atomic E-state index is 14.2. The van der Waals surface area contributed by atoms with Gasteiger partial charge in [0.2, 0.25) is 5.91 Å². The Kier molecular flexibility index (Phi) is 4.25. The number of carbonyl (C=O) groups is 1. The summed E-state index contributed by atoms with van der Waals surface area (Å²) < 4.78 is 53.1. The van der Waals surface area contributed by atoms with E-state index in [4.69, 9.17) is 0 Å². The molecule has 1 spiro atoms. The number of rotatable bonds is 3. The summed E-state index contributed by atoms with van der Waals surface area (Å²) in [6.45, 7) is 1.41. The average Bonchev–Trinajstić information content (AvgIpc) is 3.34. The van der Waals surface area contributed by atoms with Gasteiger partial charge in [-0.2, -0.15) is 13.2 Å². The van der Waals surface area contributed by atoms with E-state index in [-0.39, 0.29) is 18.0 Å². The Labute approximate surface area is 150 Å². The van der Waals surface area contributed by atoms with Crippen molar-refractivity contribution in [3.63, 3.8) is 0 Å². The van der Waals surface area contributed by atoms with Gasteiger partial charge in [0.1, 0.15) is 11.4 Å². The van der Waals surface area contributed by atoms with Crippen LogP contribution in [0.1, 0.15) is 49.7 Å². The lowest BCUT2D eigenvalue weighted by molar-refractivity contribution is -0.148. The first kappa shape index (κ1) is 17.8. The Bertz CT molecular complexity index is 716. The summed E-state index contributed by atoms with van der Waals surface area (Å²) in [7, 11) is 0. The number of halogens is 4. The van der Waals surface area contributed by atoms with Crippen LogP contribution in [-0.4, -0.2) is 40.4 Å². The molecule has 2 heterocycles. The molecule has 0 bridgehead atoms. The Morgan fingerprint density at radius 3 is 2.46 bits per heavy atom. The molecule has 1 aromatic rings. The number of carbonyl (C=O) groups excluding carboxylic acids is 1. The number of benzene rings is 1. The molecule has 1 amide bonds. The molecule has 3 fully saturated rings. The van der Waals surface area contributed by atoms with Crippen LogP contribution in [0.3, 0.4) is 0 Å². The zero-order chi connectivity index (χ0) is 18.5. The SMILES string of the molecule is O=C1N(C2CC2)CCCC12CCCN2Cc1cc(C(F)(F)F)ccc1F. The molecule has 0 radical (unpaired) electrons. The lowest BCUT2D eigenvalue weighted by Crippen LogP contribution is -2.60. The maximum Gasteiger partial charge on any atom is 0.416 e. The van der Waals surface area contributed by atoms with E-state index in [1.165, 1.54) is 0 Å². The monoisotopic (exact) mass is 370 g/mol. The van der Waals surface area contributed by atoms with E-state index in [1.54, 1.807) is 0 Å². The van der Waals surface area contributed by atoms with E-state index in [9.17, 15) is 22.4 Å². The van der Waals surface area contributed by atoms with Gasteiger partial charge in [0.15, 0.2) is 0 Å². The highest BCUT2D eigenvalue weighted by Crippen LogP contribution is 2.42. The van der Waals surface area contributed by atoms with Crippen LogP contribution >= 0.6 is 0 Å². The topological polar surface area (TPSA) is 23.6 Å². The highest BCUT2D eigenvalue weighted by atomic mass is 19.4. The van der Waals surface area contributed by atoms with Crippen LogP contribution < -0.4 is 0 Å². The van der Waals surface area contributed by atoms with Crippen molar-refractivity contribution < 1.29 is 22.4 Å². The van der Waals surface area contributed by atoms with Gasteiger partial charge in [-0.15, -0.1) is 0 Å². The van der Waals surface area contributed by atoms with Crippen molar-refractivity contribution in [3.8, 4) is 0 Å². The summed E-state index contributed by atoms with van der Waals surface area (Å²) in [5.41, 5.74) is -1.50. The minimum atomic E-state index is -4.51. The first-order valence-corrected chi connectivity index (χ1v) is 9.23.